The SMILES string of the molecule is O=CNC1CCC(CCO)CC1. The van der Waals surface area contributed by atoms with Crippen molar-refractivity contribution in [1.29, 1.82) is 0 Å². The van der Waals surface area contributed by atoms with Crippen molar-refractivity contribution in [1.82, 2.24) is 5.32 Å². The maximum absolute atomic E-state index is 10.1. The van der Waals surface area contributed by atoms with Gasteiger partial charge in [-0.25, -0.2) is 0 Å². The fourth-order valence-electron chi connectivity index (χ4n) is 1.90. The van der Waals surface area contributed by atoms with E-state index >= 15 is 0 Å². The van der Waals surface area contributed by atoms with Gasteiger partial charge in [-0.1, -0.05) is 0 Å². The van der Waals surface area contributed by atoms with Crippen LogP contribution in [-0.4, -0.2) is 24.2 Å². The zero-order valence-corrected chi connectivity index (χ0v) is 7.33. The van der Waals surface area contributed by atoms with Gasteiger partial charge in [0.1, 0.15) is 0 Å². The topological polar surface area (TPSA) is 49.3 Å². The van der Waals surface area contributed by atoms with Crippen molar-refractivity contribution >= 4 is 6.41 Å². The van der Waals surface area contributed by atoms with Crippen LogP contribution >= 0.6 is 0 Å². The normalized spacial score (nSPS) is 29.8. The molecule has 0 heterocycles. The van der Waals surface area contributed by atoms with Gasteiger partial charge in [-0.2, -0.15) is 0 Å². The summed E-state index contributed by atoms with van der Waals surface area (Å²) in [4.78, 5) is 10.1. The second-order valence-electron chi connectivity index (χ2n) is 3.51. The van der Waals surface area contributed by atoms with Gasteiger partial charge in [-0.3, -0.25) is 4.79 Å². The van der Waals surface area contributed by atoms with Crippen molar-refractivity contribution in [3.05, 3.63) is 0 Å². The molecule has 0 unspecified atom stereocenters. The molecule has 70 valence electrons. The van der Waals surface area contributed by atoms with E-state index < -0.39 is 0 Å². The van der Waals surface area contributed by atoms with Crippen molar-refractivity contribution in [2.45, 2.75) is 38.1 Å². The molecule has 1 fully saturated rings. The van der Waals surface area contributed by atoms with Gasteiger partial charge in [0.05, 0.1) is 0 Å². The Hall–Kier alpha value is -0.570. The van der Waals surface area contributed by atoms with Gasteiger partial charge in [0.25, 0.3) is 0 Å². The summed E-state index contributed by atoms with van der Waals surface area (Å²) in [6, 6.07) is 0.387. The molecule has 3 nitrogen and oxygen atoms in total. The molecule has 0 saturated heterocycles. The minimum atomic E-state index is 0.302. The van der Waals surface area contributed by atoms with E-state index in [1.54, 1.807) is 0 Å². The fraction of sp³-hybridized carbons (Fsp3) is 0.889. The number of amides is 1. The number of nitrogens with one attached hydrogen (secondary N) is 1. The standard InChI is InChI=1S/C9H17NO2/c11-6-5-8-1-3-9(4-2-8)10-7-12/h7-9,11H,1-6H2,(H,10,12). The molecule has 1 saturated carbocycles. The largest absolute Gasteiger partial charge is 0.396 e. The first-order valence-electron chi connectivity index (χ1n) is 4.67. The maximum Gasteiger partial charge on any atom is 0.207 e. The van der Waals surface area contributed by atoms with E-state index in [0.29, 0.717) is 18.6 Å². The molecule has 0 aromatic heterocycles. The fourth-order valence-corrected chi connectivity index (χ4v) is 1.90. The molecule has 12 heavy (non-hydrogen) atoms. The van der Waals surface area contributed by atoms with E-state index in [1.165, 1.54) is 0 Å². The molecule has 0 radical (unpaired) electrons. The van der Waals surface area contributed by atoms with Gasteiger partial charge in [-0.05, 0) is 38.0 Å². The van der Waals surface area contributed by atoms with E-state index in [4.69, 9.17) is 5.11 Å². The minimum Gasteiger partial charge on any atom is -0.396 e. The number of rotatable bonds is 4. The average Bonchev–Trinajstić information content (AvgIpc) is 2.09. The molecule has 1 rings (SSSR count). The third kappa shape index (κ3) is 2.81. The molecule has 0 atom stereocenters. The highest BCUT2D eigenvalue weighted by molar-refractivity contribution is 5.46. The van der Waals surface area contributed by atoms with E-state index in [0.717, 1.165) is 38.5 Å². The van der Waals surface area contributed by atoms with E-state index in [9.17, 15) is 4.79 Å². The van der Waals surface area contributed by atoms with Gasteiger partial charge in [0.15, 0.2) is 0 Å². The highest BCUT2D eigenvalue weighted by Crippen LogP contribution is 2.26. The van der Waals surface area contributed by atoms with E-state index in [2.05, 4.69) is 5.32 Å². The van der Waals surface area contributed by atoms with Crippen LogP contribution in [0.15, 0.2) is 0 Å². The quantitative estimate of drug-likeness (QED) is 0.611. The number of carbonyl (C=O) groups is 1. The second kappa shape index (κ2) is 5.14. The Morgan fingerprint density at radius 3 is 2.50 bits per heavy atom. The first-order valence-corrected chi connectivity index (χ1v) is 4.67. The smallest absolute Gasteiger partial charge is 0.207 e. The summed E-state index contributed by atoms with van der Waals surface area (Å²) < 4.78 is 0. The highest BCUT2D eigenvalue weighted by Gasteiger charge is 2.19. The summed E-state index contributed by atoms with van der Waals surface area (Å²) in [5.74, 6) is 0.680. The van der Waals surface area contributed by atoms with Gasteiger partial charge in [-0.15, -0.1) is 0 Å². The van der Waals surface area contributed by atoms with Gasteiger partial charge in [0, 0.05) is 12.6 Å². The van der Waals surface area contributed by atoms with Crippen molar-refractivity contribution < 1.29 is 9.90 Å². The molecule has 3 heteroatoms. The molecule has 2 N–H and O–H groups in total. The van der Waals surface area contributed by atoms with Gasteiger partial charge in [0.2, 0.25) is 6.41 Å². The summed E-state index contributed by atoms with van der Waals surface area (Å²) in [6.45, 7) is 0.302. The molecule has 1 aliphatic rings. The molecule has 1 amide bonds. The van der Waals surface area contributed by atoms with Crippen molar-refractivity contribution in [3.63, 3.8) is 0 Å². The van der Waals surface area contributed by atoms with Crippen LogP contribution in [0.1, 0.15) is 32.1 Å². The Kier molecular flexibility index (Phi) is 4.08. The van der Waals surface area contributed by atoms with Gasteiger partial charge < -0.3 is 10.4 Å². The lowest BCUT2D eigenvalue weighted by Crippen LogP contribution is -2.32. The van der Waals surface area contributed by atoms with Crippen LogP contribution in [0.4, 0.5) is 0 Å². The number of aliphatic hydroxyl groups is 1. The zero-order valence-electron chi connectivity index (χ0n) is 7.33. The van der Waals surface area contributed by atoms with Crippen LogP contribution in [0, 0.1) is 5.92 Å². The maximum atomic E-state index is 10.1. The van der Waals surface area contributed by atoms with Crippen molar-refractivity contribution in [3.8, 4) is 0 Å². The predicted molar refractivity (Wildman–Crippen MR) is 46.6 cm³/mol. The Bertz CT molecular complexity index is 130. The molecular formula is C9H17NO2. The third-order valence-corrected chi connectivity index (χ3v) is 2.69. The first kappa shape index (κ1) is 9.52. The summed E-state index contributed by atoms with van der Waals surface area (Å²) in [5, 5.41) is 11.5. The Morgan fingerprint density at radius 2 is 2.00 bits per heavy atom. The summed E-state index contributed by atoms with van der Waals surface area (Å²) in [6.07, 6.45) is 6.15. The molecule has 0 aromatic rings. The van der Waals surface area contributed by atoms with Crippen LogP contribution in [0.2, 0.25) is 0 Å². The third-order valence-electron chi connectivity index (χ3n) is 2.69. The number of carbonyl (C=O) groups excluding carboxylic acids is 1. The average molecular weight is 171 g/mol. The van der Waals surface area contributed by atoms with E-state index in [1.807, 2.05) is 0 Å². The number of hydrogen-bond acceptors (Lipinski definition) is 2. The van der Waals surface area contributed by atoms with Crippen LogP contribution in [0.5, 0.6) is 0 Å². The Labute approximate surface area is 73.2 Å². The van der Waals surface area contributed by atoms with Crippen LogP contribution in [0.3, 0.4) is 0 Å². The number of aliphatic hydroxyl groups excluding tert-OH is 1. The summed E-state index contributed by atoms with van der Waals surface area (Å²) >= 11 is 0. The molecule has 1 aliphatic carbocycles. The molecule has 0 spiro atoms. The summed E-state index contributed by atoms with van der Waals surface area (Å²) in [7, 11) is 0. The van der Waals surface area contributed by atoms with Crippen molar-refractivity contribution in [2.75, 3.05) is 6.61 Å². The Balaban J connectivity index is 2.15. The van der Waals surface area contributed by atoms with Crippen LogP contribution < -0.4 is 5.32 Å². The van der Waals surface area contributed by atoms with Crippen LogP contribution in [0.25, 0.3) is 0 Å². The Morgan fingerprint density at radius 1 is 1.33 bits per heavy atom. The molecular weight excluding hydrogens is 154 g/mol. The molecule has 0 aliphatic heterocycles. The molecule has 0 aromatic carbocycles. The first-order chi connectivity index (χ1) is 5.86. The second-order valence-corrected chi connectivity index (χ2v) is 3.51. The van der Waals surface area contributed by atoms with Crippen molar-refractivity contribution in [2.24, 2.45) is 5.92 Å². The highest BCUT2D eigenvalue weighted by atomic mass is 16.3. The minimum absolute atomic E-state index is 0.302. The molecule has 0 bridgehead atoms. The van der Waals surface area contributed by atoms with E-state index in [-0.39, 0.29) is 0 Å². The van der Waals surface area contributed by atoms with Gasteiger partial charge >= 0.3 is 0 Å². The lowest BCUT2D eigenvalue weighted by molar-refractivity contribution is -0.110. The predicted octanol–water partition coefficient (Wildman–Crippen LogP) is 0.674. The monoisotopic (exact) mass is 171 g/mol. The lowest BCUT2D eigenvalue weighted by atomic mass is 9.84. The summed E-state index contributed by atoms with van der Waals surface area (Å²) in [5.41, 5.74) is 0. The number of hydrogen-bond donors (Lipinski definition) is 2. The zero-order chi connectivity index (χ0) is 8.81. The lowest BCUT2D eigenvalue weighted by Gasteiger charge is -2.27. The van der Waals surface area contributed by atoms with Crippen LogP contribution in [-0.2, 0) is 4.79 Å².